The van der Waals surface area contributed by atoms with Gasteiger partial charge in [-0.25, -0.2) is 12.7 Å². The van der Waals surface area contributed by atoms with Crippen molar-refractivity contribution in [1.29, 1.82) is 0 Å². The number of carboxylic acids is 1. The summed E-state index contributed by atoms with van der Waals surface area (Å²) in [5, 5.41) is 8.84. The minimum atomic E-state index is -3.70. The molecule has 0 aromatic heterocycles. The average Bonchev–Trinajstić information content (AvgIpc) is 2.38. The van der Waals surface area contributed by atoms with Crippen molar-refractivity contribution in [3.63, 3.8) is 0 Å². The Morgan fingerprint density at radius 2 is 2.05 bits per heavy atom. The molecule has 7 heteroatoms. The molecule has 1 aromatic carbocycles. The van der Waals surface area contributed by atoms with Crippen LogP contribution >= 0.6 is 0 Å². The van der Waals surface area contributed by atoms with Crippen LogP contribution in [0.2, 0.25) is 0 Å². The third-order valence-electron chi connectivity index (χ3n) is 3.03. The van der Waals surface area contributed by atoms with Gasteiger partial charge in [-0.15, -0.1) is 0 Å². The highest BCUT2D eigenvalue weighted by Gasteiger charge is 2.25. The summed E-state index contributed by atoms with van der Waals surface area (Å²) in [4.78, 5) is 10.9. The molecular formula is C13H19NO5S. The van der Waals surface area contributed by atoms with Gasteiger partial charge in [0, 0.05) is 13.6 Å². The third-order valence-corrected chi connectivity index (χ3v) is 4.85. The van der Waals surface area contributed by atoms with Crippen molar-refractivity contribution in [3.8, 4) is 5.75 Å². The molecular weight excluding hydrogens is 282 g/mol. The second-order valence-corrected chi connectivity index (χ2v) is 6.70. The molecule has 0 heterocycles. The summed E-state index contributed by atoms with van der Waals surface area (Å²) in [5.41, 5.74) is 0.702. The van der Waals surface area contributed by atoms with Crippen LogP contribution in [0.5, 0.6) is 5.75 Å². The van der Waals surface area contributed by atoms with Crippen LogP contribution in [0.3, 0.4) is 0 Å². The topological polar surface area (TPSA) is 83.9 Å². The highest BCUT2D eigenvalue weighted by Crippen LogP contribution is 2.23. The minimum Gasteiger partial charge on any atom is -0.496 e. The lowest BCUT2D eigenvalue weighted by molar-refractivity contribution is -0.141. The molecule has 1 atom stereocenters. The van der Waals surface area contributed by atoms with Crippen molar-refractivity contribution in [2.45, 2.75) is 18.7 Å². The Morgan fingerprint density at radius 3 is 2.50 bits per heavy atom. The van der Waals surface area contributed by atoms with Gasteiger partial charge in [-0.2, -0.15) is 0 Å². The SMILES string of the molecule is COc1ccc(S(=O)(=O)N(C)CC(C)C(=O)O)cc1C. The molecule has 0 spiro atoms. The van der Waals surface area contributed by atoms with E-state index in [1.54, 1.807) is 13.0 Å². The molecule has 0 radical (unpaired) electrons. The first-order valence-corrected chi connectivity index (χ1v) is 7.48. The lowest BCUT2D eigenvalue weighted by atomic mass is 10.2. The second-order valence-electron chi connectivity index (χ2n) is 4.66. The first-order chi connectivity index (χ1) is 9.20. The number of rotatable bonds is 6. The lowest BCUT2D eigenvalue weighted by Gasteiger charge is -2.19. The van der Waals surface area contributed by atoms with Crippen LogP contribution in [0.15, 0.2) is 23.1 Å². The number of hydrogen-bond acceptors (Lipinski definition) is 4. The first kappa shape index (κ1) is 16.5. The lowest BCUT2D eigenvalue weighted by Crippen LogP contribution is -2.33. The molecule has 0 amide bonds. The van der Waals surface area contributed by atoms with Gasteiger partial charge in [0.2, 0.25) is 10.0 Å². The van der Waals surface area contributed by atoms with E-state index in [0.29, 0.717) is 11.3 Å². The maximum atomic E-state index is 12.3. The summed E-state index contributed by atoms with van der Waals surface area (Å²) in [7, 11) is -0.820. The zero-order valence-corrected chi connectivity index (χ0v) is 12.8. The fourth-order valence-electron chi connectivity index (χ4n) is 1.75. The van der Waals surface area contributed by atoms with Crippen LogP contribution < -0.4 is 4.74 Å². The third kappa shape index (κ3) is 3.49. The van der Waals surface area contributed by atoms with Crippen molar-refractivity contribution < 1.29 is 23.1 Å². The van der Waals surface area contributed by atoms with Crippen LogP contribution in [0.25, 0.3) is 0 Å². The monoisotopic (exact) mass is 301 g/mol. The summed E-state index contributed by atoms with van der Waals surface area (Å²) in [6, 6.07) is 4.54. The molecule has 1 N–H and O–H groups in total. The highest BCUT2D eigenvalue weighted by atomic mass is 32.2. The summed E-state index contributed by atoms with van der Waals surface area (Å²) >= 11 is 0. The number of methoxy groups -OCH3 is 1. The molecule has 112 valence electrons. The Kier molecular flexibility index (Phi) is 5.13. The first-order valence-electron chi connectivity index (χ1n) is 6.04. The Morgan fingerprint density at radius 1 is 1.45 bits per heavy atom. The van der Waals surface area contributed by atoms with Gasteiger partial charge in [0.15, 0.2) is 0 Å². The van der Waals surface area contributed by atoms with E-state index in [9.17, 15) is 13.2 Å². The second kappa shape index (κ2) is 6.23. The number of ether oxygens (including phenoxy) is 1. The highest BCUT2D eigenvalue weighted by molar-refractivity contribution is 7.89. The standard InChI is InChI=1S/C13H19NO5S/c1-9-7-11(5-6-12(9)19-4)20(17,18)14(3)8-10(2)13(15)16/h5-7,10H,8H2,1-4H3,(H,15,16). The van der Waals surface area contributed by atoms with Gasteiger partial charge in [-0.3, -0.25) is 4.79 Å². The van der Waals surface area contributed by atoms with E-state index in [2.05, 4.69) is 0 Å². The predicted octanol–water partition coefficient (Wildman–Crippen LogP) is 1.34. The Bertz CT molecular complexity index is 597. The van der Waals surface area contributed by atoms with Gasteiger partial charge >= 0.3 is 5.97 Å². The number of hydrogen-bond donors (Lipinski definition) is 1. The fourth-order valence-corrected chi connectivity index (χ4v) is 3.10. The number of aliphatic carboxylic acids is 1. The Balaban J connectivity index is 3.04. The van der Waals surface area contributed by atoms with E-state index in [1.165, 1.54) is 33.2 Å². The van der Waals surface area contributed by atoms with Crippen molar-refractivity contribution in [2.24, 2.45) is 5.92 Å². The normalized spacial score (nSPS) is 13.2. The maximum Gasteiger partial charge on any atom is 0.307 e. The molecule has 0 aliphatic rings. The van der Waals surface area contributed by atoms with Crippen molar-refractivity contribution in [3.05, 3.63) is 23.8 Å². The van der Waals surface area contributed by atoms with Gasteiger partial charge < -0.3 is 9.84 Å². The summed E-state index contributed by atoms with van der Waals surface area (Å²) in [6.07, 6.45) is 0. The molecule has 0 bridgehead atoms. The molecule has 0 aliphatic heterocycles. The molecule has 0 fully saturated rings. The zero-order chi connectivity index (χ0) is 15.5. The van der Waals surface area contributed by atoms with Gasteiger partial charge in [0.25, 0.3) is 0 Å². The van der Waals surface area contributed by atoms with E-state index < -0.39 is 21.9 Å². The number of sulfonamides is 1. The van der Waals surface area contributed by atoms with E-state index in [0.717, 1.165) is 4.31 Å². The summed E-state index contributed by atoms with van der Waals surface area (Å²) < 4.78 is 30.8. The number of nitrogens with zero attached hydrogens (tertiary/aromatic N) is 1. The van der Waals surface area contributed by atoms with Gasteiger partial charge in [0.1, 0.15) is 5.75 Å². The summed E-state index contributed by atoms with van der Waals surface area (Å²) in [6.45, 7) is 3.13. The van der Waals surface area contributed by atoms with Crippen LogP contribution in [0, 0.1) is 12.8 Å². The van der Waals surface area contributed by atoms with E-state index >= 15 is 0 Å². The summed E-state index contributed by atoms with van der Waals surface area (Å²) in [5.74, 6) is -1.20. The molecule has 0 saturated carbocycles. The molecule has 0 saturated heterocycles. The minimum absolute atomic E-state index is 0.0806. The van der Waals surface area contributed by atoms with E-state index in [4.69, 9.17) is 9.84 Å². The molecule has 1 rings (SSSR count). The van der Waals surface area contributed by atoms with Crippen LogP contribution in [0.1, 0.15) is 12.5 Å². The number of carbonyl (C=O) groups is 1. The van der Waals surface area contributed by atoms with E-state index in [-0.39, 0.29) is 11.4 Å². The molecule has 1 aromatic rings. The van der Waals surface area contributed by atoms with Crippen molar-refractivity contribution in [1.82, 2.24) is 4.31 Å². The number of carboxylic acid groups (broad SMARTS) is 1. The van der Waals surface area contributed by atoms with Crippen LogP contribution in [0.4, 0.5) is 0 Å². The fraction of sp³-hybridized carbons (Fsp3) is 0.462. The predicted molar refractivity (Wildman–Crippen MR) is 74.3 cm³/mol. The largest absolute Gasteiger partial charge is 0.496 e. The quantitative estimate of drug-likeness (QED) is 0.857. The van der Waals surface area contributed by atoms with Crippen molar-refractivity contribution in [2.75, 3.05) is 20.7 Å². The average molecular weight is 301 g/mol. The number of benzene rings is 1. The van der Waals surface area contributed by atoms with Gasteiger partial charge in [-0.05, 0) is 30.7 Å². The van der Waals surface area contributed by atoms with E-state index in [1.807, 2.05) is 0 Å². The zero-order valence-electron chi connectivity index (χ0n) is 12.0. The molecule has 20 heavy (non-hydrogen) atoms. The Labute approximate surface area is 119 Å². The van der Waals surface area contributed by atoms with Gasteiger partial charge in [0.05, 0.1) is 17.9 Å². The van der Waals surface area contributed by atoms with Crippen molar-refractivity contribution >= 4 is 16.0 Å². The molecule has 1 unspecified atom stereocenters. The van der Waals surface area contributed by atoms with Gasteiger partial charge in [-0.1, -0.05) is 6.92 Å². The Hall–Kier alpha value is -1.60. The molecule has 0 aliphatic carbocycles. The number of aryl methyl sites for hydroxylation is 1. The maximum absolute atomic E-state index is 12.3. The smallest absolute Gasteiger partial charge is 0.307 e. The molecule has 6 nitrogen and oxygen atoms in total. The van der Waals surface area contributed by atoms with Crippen LogP contribution in [-0.4, -0.2) is 44.5 Å². The van der Waals surface area contributed by atoms with Crippen LogP contribution in [-0.2, 0) is 14.8 Å².